The van der Waals surface area contributed by atoms with Gasteiger partial charge in [0.25, 0.3) is 0 Å². The first kappa shape index (κ1) is 15.5. The molecule has 0 radical (unpaired) electrons. The van der Waals surface area contributed by atoms with Crippen molar-refractivity contribution >= 4 is 11.4 Å². The van der Waals surface area contributed by atoms with Gasteiger partial charge in [-0.25, -0.2) is 0 Å². The molecule has 2 heteroatoms. The summed E-state index contributed by atoms with van der Waals surface area (Å²) in [5, 5.41) is 3.68. The molecule has 0 fully saturated rings. The van der Waals surface area contributed by atoms with E-state index in [-0.39, 0.29) is 6.04 Å². The summed E-state index contributed by atoms with van der Waals surface area (Å²) in [5.41, 5.74) is 5.91. The Bertz CT molecular complexity index is 928. The van der Waals surface area contributed by atoms with Crippen molar-refractivity contribution in [1.29, 1.82) is 0 Å². The number of rotatable bonds is 3. The predicted octanol–water partition coefficient (Wildman–Crippen LogP) is 5.89. The fraction of sp³-hybridized carbons (Fsp3) is 0.130. The molecule has 0 amide bonds. The third-order valence-electron chi connectivity index (χ3n) is 4.54. The predicted molar refractivity (Wildman–Crippen MR) is 104 cm³/mol. The lowest BCUT2D eigenvalue weighted by atomic mass is 9.99. The molecule has 3 aromatic carbocycles. The molecular weight excluding hydrogens is 306 g/mol. The van der Waals surface area contributed by atoms with Crippen LogP contribution in [0.4, 0.5) is 5.69 Å². The first-order valence-corrected chi connectivity index (χ1v) is 8.58. The van der Waals surface area contributed by atoms with E-state index >= 15 is 0 Å². The largest absolute Gasteiger partial charge is 0.457 e. The SMILES string of the molecule is Cc1ccc(N[C@H]2C=C(c3ccccc3)Oc3ccccc32)c(C)c1. The van der Waals surface area contributed by atoms with Crippen molar-refractivity contribution in [3.8, 4) is 5.75 Å². The molecule has 0 bridgehead atoms. The summed E-state index contributed by atoms with van der Waals surface area (Å²) >= 11 is 0. The van der Waals surface area contributed by atoms with Crippen LogP contribution in [0.3, 0.4) is 0 Å². The molecule has 1 atom stereocenters. The minimum absolute atomic E-state index is 0.0709. The topological polar surface area (TPSA) is 21.3 Å². The second kappa shape index (κ2) is 6.48. The maximum absolute atomic E-state index is 6.16. The molecule has 1 heterocycles. The number of fused-ring (bicyclic) bond motifs is 1. The highest BCUT2D eigenvalue weighted by atomic mass is 16.5. The maximum Gasteiger partial charge on any atom is 0.133 e. The minimum Gasteiger partial charge on any atom is -0.457 e. The van der Waals surface area contributed by atoms with Crippen LogP contribution >= 0.6 is 0 Å². The molecule has 0 spiro atoms. The second-order valence-electron chi connectivity index (χ2n) is 6.48. The third kappa shape index (κ3) is 3.16. The van der Waals surface area contributed by atoms with Gasteiger partial charge in [-0.2, -0.15) is 0 Å². The van der Waals surface area contributed by atoms with E-state index in [0.717, 1.165) is 28.3 Å². The third-order valence-corrected chi connectivity index (χ3v) is 4.54. The van der Waals surface area contributed by atoms with Crippen LogP contribution in [0.5, 0.6) is 5.75 Å². The summed E-state index contributed by atoms with van der Waals surface area (Å²) in [6, 6.07) is 25.0. The second-order valence-corrected chi connectivity index (χ2v) is 6.48. The van der Waals surface area contributed by atoms with Crippen molar-refractivity contribution in [1.82, 2.24) is 0 Å². The summed E-state index contributed by atoms with van der Waals surface area (Å²) < 4.78 is 6.16. The highest BCUT2D eigenvalue weighted by Gasteiger charge is 2.22. The van der Waals surface area contributed by atoms with Gasteiger partial charge < -0.3 is 10.1 Å². The molecule has 0 unspecified atom stereocenters. The number of para-hydroxylation sites is 1. The molecule has 1 aliphatic rings. The zero-order chi connectivity index (χ0) is 17.2. The van der Waals surface area contributed by atoms with Crippen molar-refractivity contribution < 1.29 is 4.74 Å². The number of hydrogen-bond donors (Lipinski definition) is 1. The highest BCUT2D eigenvalue weighted by Crippen LogP contribution is 2.38. The normalized spacial score (nSPS) is 15.8. The van der Waals surface area contributed by atoms with E-state index in [2.05, 4.69) is 67.7 Å². The number of nitrogens with one attached hydrogen (secondary N) is 1. The molecule has 1 N–H and O–H groups in total. The zero-order valence-corrected chi connectivity index (χ0v) is 14.5. The number of anilines is 1. The van der Waals surface area contributed by atoms with Crippen LogP contribution in [-0.4, -0.2) is 0 Å². The van der Waals surface area contributed by atoms with Crippen molar-refractivity contribution in [2.75, 3.05) is 5.32 Å². The Kier molecular flexibility index (Phi) is 4.02. The van der Waals surface area contributed by atoms with Crippen molar-refractivity contribution in [2.24, 2.45) is 0 Å². The van der Waals surface area contributed by atoms with E-state index in [1.807, 2.05) is 30.3 Å². The Balaban J connectivity index is 1.74. The van der Waals surface area contributed by atoms with Crippen LogP contribution in [0.15, 0.2) is 78.9 Å². The standard InChI is InChI=1S/C23H21NO/c1-16-12-13-20(17(2)14-16)24-21-15-23(18-8-4-3-5-9-18)25-22-11-7-6-10-19(21)22/h3-15,21,24H,1-2H3/t21-/m0/s1. The summed E-state index contributed by atoms with van der Waals surface area (Å²) in [6.45, 7) is 4.26. The monoisotopic (exact) mass is 327 g/mol. The summed E-state index contributed by atoms with van der Waals surface area (Å²) in [5.74, 6) is 1.80. The molecule has 25 heavy (non-hydrogen) atoms. The quantitative estimate of drug-likeness (QED) is 0.647. The minimum atomic E-state index is 0.0709. The van der Waals surface area contributed by atoms with Gasteiger partial charge in [-0.3, -0.25) is 0 Å². The molecule has 2 nitrogen and oxygen atoms in total. The van der Waals surface area contributed by atoms with E-state index < -0.39 is 0 Å². The van der Waals surface area contributed by atoms with Gasteiger partial charge in [0, 0.05) is 16.8 Å². The van der Waals surface area contributed by atoms with Crippen LogP contribution in [-0.2, 0) is 0 Å². The van der Waals surface area contributed by atoms with E-state index in [1.54, 1.807) is 0 Å². The Morgan fingerprint density at radius 1 is 0.840 bits per heavy atom. The van der Waals surface area contributed by atoms with Crippen molar-refractivity contribution in [3.63, 3.8) is 0 Å². The van der Waals surface area contributed by atoms with Crippen LogP contribution in [0.2, 0.25) is 0 Å². The molecule has 124 valence electrons. The van der Waals surface area contributed by atoms with E-state index in [1.165, 1.54) is 11.1 Å². The summed E-state index contributed by atoms with van der Waals surface area (Å²) in [6.07, 6.45) is 2.16. The fourth-order valence-electron chi connectivity index (χ4n) is 3.24. The van der Waals surface area contributed by atoms with Gasteiger partial charge in [-0.1, -0.05) is 66.2 Å². The molecule has 0 saturated carbocycles. The number of hydrogen-bond acceptors (Lipinski definition) is 2. The lowest BCUT2D eigenvalue weighted by Gasteiger charge is -2.27. The molecule has 0 aromatic heterocycles. The van der Waals surface area contributed by atoms with E-state index in [0.29, 0.717) is 0 Å². The summed E-state index contributed by atoms with van der Waals surface area (Å²) in [4.78, 5) is 0. The van der Waals surface area contributed by atoms with Crippen LogP contribution < -0.4 is 10.1 Å². The smallest absolute Gasteiger partial charge is 0.133 e. The summed E-state index contributed by atoms with van der Waals surface area (Å²) in [7, 11) is 0. The van der Waals surface area contributed by atoms with Crippen LogP contribution in [0, 0.1) is 13.8 Å². The Morgan fingerprint density at radius 3 is 2.40 bits per heavy atom. The van der Waals surface area contributed by atoms with E-state index in [9.17, 15) is 0 Å². The van der Waals surface area contributed by atoms with Crippen LogP contribution in [0.1, 0.15) is 28.3 Å². The van der Waals surface area contributed by atoms with Gasteiger partial charge in [0.05, 0.1) is 6.04 Å². The van der Waals surface area contributed by atoms with Crippen molar-refractivity contribution in [2.45, 2.75) is 19.9 Å². The number of aryl methyl sites for hydroxylation is 2. The molecular formula is C23H21NO. The lowest BCUT2D eigenvalue weighted by molar-refractivity contribution is 0.491. The molecule has 3 aromatic rings. The Morgan fingerprint density at radius 2 is 1.60 bits per heavy atom. The maximum atomic E-state index is 6.16. The first-order valence-electron chi connectivity index (χ1n) is 8.58. The lowest BCUT2D eigenvalue weighted by Crippen LogP contribution is -2.16. The van der Waals surface area contributed by atoms with Crippen molar-refractivity contribution in [3.05, 3.63) is 101 Å². The molecule has 0 aliphatic carbocycles. The fourth-order valence-corrected chi connectivity index (χ4v) is 3.24. The van der Waals surface area contributed by atoms with Gasteiger partial charge in [-0.15, -0.1) is 0 Å². The van der Waals surface area contributed by atoms with Gasteiger partial charge in [-0.05, 0) is 37.6 Å². The Hall–Kier alpha value is -3.00. The first-order chi connectivity index (χ1) is 12.2. The van der Waals surface area contributed by atoms with Gasteiger partial charge in [0.2, 0.25) is 0 Å². The van der Waals surface area contributed by atoms with Gasteiger partial charge in [0.15, 0.2) is 0 Å². The van der Waals surface area contributed by atoms with E-state index in [4.69, 9.17) is 4.74 Å². The highest BCUT2D eigenvalue weighted by molar-refractivity contribution is 5.68. The molecule has 1 aliphatic heterocycles. The molecule has 4 rings (SSSR count). The average Bonchev–Trinajstić information content (AvgIpc) is 2.64. The van der Waals surface area contributed by atoms with Gasteiger partial charge in [0.1, 0.15) is 11.5 Å². The van der Waals surface area contributed by atoms with Crippen LogP contribution in [0.25, 0.3) is 5.76 Å². The van der Waals surface area contributed by atoms with Gasteiger partial charge >= 0.3 is 0 Å². The Labute approximate surface area is 148 Å². The average molecular weight is 327 g/mol. The number of benzene rings is 3. The number of ether oxygens (including phenoxy) is 1. The molecule has 0 saturated heterocycles. The zero-order valence-electron chi connectivity index (χ0n) is 14.5.